The van der Waals surface area contributed by atoms with Crippen molar-refractivity contribution >= 4 is 5.97 Å². The van der Waals surface area contributed by atoms with Gasteiger partial charge in [0, 0.05) is 0 Å². The van der Waals surface area contributed by atoms with Crippen LogP contribution in [0.1, 0.15) is 20.3 Å². The molecule has 0 heterocycles. The molecule has 0 saturated carbocycles. The lowest BCUT2D eigenvalue weighted by Gasteiger charge is -2.19. The SMILES string of the molecule is C=CC(C)(CC)C(=O)OC. The molecule has 0 aliphatic carbocycles. The van der Waals surface area contributed by atoms with Gasteiger partial charge in [-0.2, -0.15) is 0 Å². The predicted octanol–water partition coefficient (Wildman–Crippen LogP) is 1.76. The maximum absolute atomic E-state index is 11.0. The smallest absolute Gasteiger partial charge is 0.315 e. The third kappa shape index (κ3) is 1.59. The van der Waals surface area contributed by atoms with Crippen LogP contribution in [0.3, 0.4) is 0 Å². The van der Waals surface area contributed by atoms with Crippen molar-refractivity contribution in [3.05, 3.63) is 12.7 Å². The summed E-state index contributed by atoms with van der Waals surface area (Å²) in [6.07, 6.45) is 2.35. The predicted molar refractivity (Wildman–Crippen MR) is 40.6 cm³/mol. The van der Waals surface area contributed by atoms with E-state index in [-0.39, 0.29) is 5.97 Å². The van der Waals surface area contributed by atoms with Crippen molar-refractivity contribution < 1.29 is 9.53 Å². The van der Waals surface area contributed by atoms with Gasteiger partial charge in [-0.05, 0) is 13.3 Å². The van der Waals surface area contributed by atoms with Gasteiger partial charge >= 0.3 is 5.97 Å². The lowest BCUT2D eigenvalue weighted by atomic mass is 9.88. The second-order valence-corrected chi connectivity index (χ2v) is 2.47. The molecule has 58 valence electrons. The Hall–Kier alpha value is -0.790. The largest absolute Gasteiger partial charge is 0.468 e. The van der Waals surface area contributed by atoms with E-state index in [0.717, 1.165) is 6.42 Å². The van der Waals surface area contributed by atoms with Gasteiger partial charge in [-0.3, -0.25) is 4.79 Å². The lowest BCUT2D eigenvalue weighted by molar-refractivity contribution is -0.149. The van der Waals surface area contributed by atoms with E-state index < -0.39 is 5.41 Å². The topological polar surface area (TPSA) is 26.3 Å². The highest BCUT2D eigenvalue weighted by atomic mass is 16.5. The van der Waals surface area contributed by atoms with Crippen molar-refractivity contribution in [2.24, 2.45) is 5.41 Å². The molecule has 0 fully saturated rings. The van der Waals surface area contributed by atoms with E-state index in [2.05, 4.69) is 11.3 Å². The summed E-state index contributed by atoms with van der Waals surface area (Å²) in [5, 5.41) is 0. The zero-order valence-corrected chi connectivity index (χ0v) is 6.81. The van der Waals surface area contributed by atoms with Crippen LogP contribution in [0.5, 0.6) is 0 Å². The third-order valence-corrected chi connectivity index (χ3v) is 1.84. The third-order valence-electron chi connectivity index (χ3n) is 1.84. The zero-order chi connectivity index (χ0) is 8.20. The quantitative estimate of drug-likeness (QED) is 0.443. The number of hydrogen-bond donors (Lipinski definition) is 0. The van der Waals surface area contributed by atoms with E-state index >= 15 is 0 Å². The second-order valence-electron chi connectivity index (χ2n) is 2.47. The first kappa shape index (κ1) is 9.21. The summed E-state index contributed by atoms with van der Waals surface area (Å²) in [6, 6.07) is 0. The van der Waals surface area contributed by atoms with Gasteiger partial charge in [0.15, 0.2) is 0 Å². The molecule has 0 radical (unpaired) electrons. The minimum Gasteiger partial charge on any atom is -0.468 e. The highest BCUT2D eigenvalue weighted by molar-refractivity contribution is 5.78. The summed E-state index contributed by atoms with van der Waals surface area (Å²) in [6.45, 7) is 7.31. The minimum atomic E-state index is -0.505. The van der Waals surface area contributed by atoms with Crippen molar-refractivity contribution in [1.29, 1.82) is 0 Å². The average molecular weight is 142 g/mol. The zero-order valence-electron chi connectivity index (χ0n) is 6.81. The second kappa shape index (κ2) is 3.40. The summed E-state index contributed by atoms with van der Waals surface area (Å²) >= 11 is 0. The minimum absolute atomic E-state index is 0.218. The fourth-order valence-corrected chi connectivity index (χ4v) is 0.605. The molecule has 0 aromatic carbocycles. The van der Waals surface area contributed by atoms with Crippen molar-refractivity contribution in [2.45, 2.75) is 20.3 Å². The van der Waals surface area contributed by atoms with Crippen LogP contribution in [0.2, 0.25) is 0 Å². The van der Waals surface area contributed by atoms with E-state index in [1.165, 1.54) is 7.11 Å². The molecule has 0 bridgehead atoms. The molecule has 1 atom stereocenters. The summed E-state index contributed by atoms with van der Waals surface area (Å²) in [5.74, 6) is -0.218. The van der Waals surface area contributed by atoms with Crippen molar-refractivity contribution in [3.8, 4) is 0 Å². The van der Waals surface area contributed by atoms with Crippen molar-refractivity contribution in [1.82, 2.24) is 0 Å². The van der Waals surface area contributed by atoms with E-state index in [9.17, 15) is 4.79 Å². The van der Waals surface area contributed by atoms with Crippen LogP contribution < -0.4 is 0 Å². The van der Waals surface area contributed by atoms with Gasteiger partial charge in [0.1, 0.15) is 0 Å². The van der Waals surface area contributed by atoms with E-state index in [1.54, 1.807) is 6.08 Å². The molecule has 0 rings (SSSR count). The highest BCUT2D eigenvalue weighted by Crippen LogP contribution is 2.23. The van der Waals surface area contributed by atoms with Crippen LogP contribution in [0.25, 0.3) is 0 Å². The summed E-state index contributed by atoms with van der Waals surface area (Å²) in [5.41, 5.74) is -0.505. The van der Waals surface area contributed by atoms with Gasteiger partial charge in [0.2, 0.25) is 0 Å². The normalized spacial score (nSPS) is 15.5. The Morgan fingerprint density at radius 1 is 1.80 bits per heavy atom. The molecule has 0 aliphatic heterocycles. The Balaban J connectivity index is 4.31. The van der Waals surface area contributed by atoms with Crippen LogP contribution in [0.4, 0.5) is 0 Å². The Bertz CT molecular complexity index is 140. The van der Waals surface area contributed by atoms with Crippen molar-refractivity contribution in [2.75, 3.05) is 7.11 Å². The Morgan fingerprint density at radius 3 is 2.40 bits per heavy atom. The molecule has 0 amide bonds. The number of rotatable bonds is 3. The summed E-state index contributed by atoms with van der Waals surface area (Å²) in [7, 11) is 1.39. The number of esters is 1. The first-order chi connectivity index (χ1) is 4.60. The fraction of sp³-hybridized carbons (Fsp3) is 0.625. The Labute approximate surface area is 61.9 Å². The molecular weight excluding hydrogens is 128 g/mol. The van der Waals surface area contributed by atoms with E-state index in [4.69, 9.17) is 0 Å². The van der Waals surface area contributed by atoms with Gasteiger partial charge in [0.05, 0.1) is 12.5 Å². The van der Waals surface area contributed by atoms with Gasteiger partial charge in [0.25, 0.3) is 0 Å². The molecule has 10 heavy (non-hydrogen) atoms. The highest BCUT2D eigenvalue weighted by Gasteiger charge is 2.28. The van der Waals surface area contributed by atoms with Gasteiger partial charge < -0.3 is 4.74 Å². The van der Waals surface area contributed by atoms with Crippen LogP contribution in [0.15, 0.2) is 12.7 Å². The lowest BCUT2D eigenvalue weighted by Crippen LogP contribution is -2.25. The first-order valence-electron chi connectivity index (χ1n) is 3.32. The van der Waals surface area contributed by atoms with Gasteiger partial charge in [-0.15, -0.1) is 6.58 Å². The molecule has 0 aromatic heterocycles. The Kier molecular flexibility index (Phi) is 3.13. The average Bonchev–Trinajstić information content (AvgIpc) is 2.01. The molecule has 0 N–H and O–H groups in total. The number of carbonyl (C=O) groups is 1. The monoisotopic (exact) mass is 142 g/mol. The molecule has 0 aliphatic rings. The molecule has 2 heteroatoms. The number of hydrogen-bond acceptors (Lipinski definition) is 2. The Morgan fingerprint density at radius 2 is 2.30 bits per heavy atom. The molecule has 0 saturated heterocycles. The maximum Gasteiger partial charge on any atom is 0.315 e. The van der Waals surface area contributed by atoms with Crippen LogP contribution in [0, 0.1) is 5.41 Å². The number of carbonyl (C=O) groups excluding carboxylic acids is 1. The number of methoxy groups -OCH3 is 1. The standard InChI is InChI=1S/C8H14O2/c1-5-8(3,6-2)7(9)10-4/h5H,1,6H2,2-4H3. The van der Waals surface area contributed by atoms with E-state index in [1.807, 2.05) is 13.8 Å². The number of ether oxygens (including phenoxy) is 1. The molecular formula is C8H14O2. The van der Waals surface area contributed by atoms with E-state index in [0.29, 0.717) is 0 Å². The van der Waals surface area contributed by atoms with Crippen LogP contribution >= 0.6 is 0 Å². The van der Waals surface area contributed by atoms with Crippen molar-refractivity contribution in [3.63, 3.8) is 0 Å². The summed E-state index contributed by atoms with van der Waals surface area (Å²) < 4.78 is 4.59. The first-order valence-corrected chi connectivity index (χ1v) is 3.32. The molecule has 0 spiro atoms. The summed E-state index contributed by atoms with van der Waals surface area (Å²) in [4.78, 5) is 11.0. The maximum atomic E-state index is 11.0. The molecule has 0 aromatic rings. The van der Waals surface area contributed by atoms with Gasteiger partial charge in [-0.1, -0.05) is 13.0 Å². The molecule has 2 nitrogen and oxygen atoms in total. The fourth-order valence-electron chi connectivity index (χ4n) is 0.605. The van der Waals surface area contributed by atoms with Gasteiger partial charge in [-0.25, -0.2) is 0 Å². The van der Waals surface area contributed by atoms with Crippen LogP contribution in [-0.4, -0.2) is 13.1 Å². The van der Waals surface area contributed by atoms with Crippen LogP contribution in [-0.2, 0) is 9.53 Å². The molecule has 1 unspecified atom stereocenters.